The molecule has 2 heterocycles. The van der Waals surface area contributed by atoms with Crippen LogP contribution in [0.15, 0.2) is 24.7 Å². The van der Waals surface area contributed by atoms with Gasteiger partial charge < -0.3 is 11.1 Å². The van der Waals surface area contributed by atoms with Gasteiger partial charge in [0, 0.05) is 12.4 Å². The molecule has 0 atom stereocenters. The largest absolute Gasteiger partial charge is 0.384 e. The average Bonchev–Trinajstić information content (AvgIpc) is 2.40. The Bertz CT molecular complexity index is 600. The number of amides is 1. The van der Waals surface area contributed by atoms with Gasteiger partial charge in [-0.3, -0.25) is 14.8 Å². The maximum atomic E-state index is 11.9. The predicted octanol–water partition coefficient (Wildman–Crippen LogP) is 1.35. The Kier molecular flexibility index (Phi) is 3.91. The molecule has 1 amide bonds. The summed E-state index contributed by atoms with van der Waals surface area (Å²) in [4.78, 5) is 24.0. The number of carbonyl (C=O) groups excluding carboxylic acids is 1. The van der Waals surface area contributed by atoms with Crippen LogP contribution in [0, 0.1) is 6.92 Å². The Hall–Kier alpha value is -2.21. The molecular formula is C12H12ClN5O. The average molecular weight is 278 g/mol. The van der Waals surface area contributed by atoms with E-state index in [9.17, 15) is 4.79 Å². The molecule has 19 heavy (non-hydrogen) atoms. The summed E-state index contributed by atoms with van der Waals surface area (Å²) in [6, 6.07) is 1.43. The summed E-state index contributed by atoms with van der Waals surface area (Å²) in [5.74, 6) is -0.0915. The number of carbonyl (C=O) groups is 1. The van der Waals surface area contributed by atoms with Gasteiger partial charge in [-0.25, -0.2) is 4.98 Å². The van der Waals surface area contributed by atoms with E-state index in [2.05, 4.69) is 20.3 Å². The topological polar surface area (TPSA) is 93.8 Å². The van der Waals surface area contributed by atoms with Crippen LogP contribution in [-0.4, -0.2) is 20.9 Å². The van der Waals surface area contributed by atoms with E-state index < -0.39 is 0 Å². The Morgan fingerprint density at radius 2 is 2.11 bits per heavy atom. The molecule has 0 aliphatic rings. The monoisotopic (exact) mass is 277 g/mol. The predicted molar refractivity (Wildman–Crippen MR) is 71.6 cm³/mol. The van der Waals surface area contributed by atoms with Crippen LogP contribution in [0.5, 0.6) is 0 Å². The smallest absolute Gasteiger partial charge is 0.253 e. The zero-order valence-electron chi connectivity index (χ0n) is 10.2. The zero-order valence-corrected chi connectivity index (χ0v) is 11.0. The first-order chi connectivity index (χ1) is 9.06. The second kappa shape index (κ2) is 5.62. The van der Waals surface area contributed by atoms with Gasteiger partial charge in [-0.05, 0) is 13.0 Å². The Morgan fingerprint density at radius 3 is 2.79 bits per heavy atom. The van der Waals surface area contributed by atoms with E-state index in [0.29, 0.717) is 5.69 Å². The molecule has 0 saturated heterocycles. The van der Waals surface area contributed by atoms with Gasteiger partial charge in [0.05, 0.1) is 34.7 Å². The quantitative estimate of drug-likeness (QED) is 0.883. The number of anilines is 1. The maximum absolute atomic E-state index is 11.9. The number of nitrogens with zero attached hydrogens (tertiary/aromatic N) is 3. The number of nitrogens with one attached hydrogen (secondary N) is 1. The van der Waals surface area contributed by atoms with Gasteiger partial charge in [0.25, 0.3) is 5.91 Å². The molecule has 0 spiro atoms. The number of aromatic nitrogens is 3. The summed E-state index contributed by atoms with van der Waals surface area (Å²) in [5, 5.41) is 2.95. The van der Waals surface area contributed by atoms with Gasteiger partial charge in [0.2, 0.25) is 0 Å². The lowest BCUT2D eigenvalue weighted by atomic mass is 10.2. The van der Waals surface area contributed by atoms with E-state index in [1.165, 1.54) is 12.3 Å². The van der Waals surface area contributed by atoms with Crippen LogP contribution in [-0.2, 0) is 6.54 Å². The van der Waals surface area contributed by atoms with E-state index in [-0.39, 0.29) is 28.9 Å². The number of rotatable bonds is 3. The number of hydrogen-bond acceptors (Lipinski definition) is 5. The molecule has 98 valence electrons. The van der Waals surface area contributed by atoms with Crippen LogP contribution in [0.4, 0.5) is 5.82 Å². The molecule has 0 radical (unpaired) electrons. The minimum atomic E-state index is -0.332. The third-order valence-electron chi connectivity index (χ3n) is 2.39. The molecule has 3 N–H and O–H groups in total. The van der Waals surface area contributed by atoms with Crippen molar-refractivity contribution >= 4 is 23.3 Å². The van der Waals surface area contributed by atoms with Gasteiger partial charge in [0.1, 0.15) is 5.82 Å². The van der Waals surface area contributed by atoms with Gasteiger partial charge in [0.15, 0.2) is 0 Å². The lowest BCUT2D eigenvalue weighted by Gasteiger charge is -2.06. The van der Waals surface area contributed by atoms with Crippen molar-refractivity contribution in [1.29, 1.82) is 0 Å². The number of aryl methyl sites for hydroxylation is 1. The fourth-order valence-corrected chi connectivity index (χ4v) is 1.59. The Labute approximate surface area is 115 Å². The van der Waals surface area contributed by atoms with Gasteiger partial charge >= 0.3 is 0 Å². The molecule has 0 aromatic carbocycles. The normalized spacial score (nSPS) is 10.2. The minimum Gasteiger partial charge on any atom is -0.384 e. The second-order valence-electron chi connectivity index (χ2n) is 3.92. The van der Waals surface area contributed by atoms with E-state index in [1.807, 2.05) is 6.92 Å². The van der Waals surface area contributed by atoms with Crippen molar-refractivity contribution in [3.8, 4) is 0 Å². The summed E-state index contributed by atoms with van der Waals surface area (Å²) in [7, 11) is 0. The van der Waals surface area contributed by atoms with Crippen molar-refractivity contribution in [2.75, 3.05) is 5.73 Å². The minimum absolute atomic E-state index is 0.240. The fraction of sp³-hybridized carbons (Fsp3) is 0.167. The van der Waals surface area contributed by atoms with E-state index in [1.54, 1.807) is 12.4 Å². The van der Waals surface area contributed by atoms with Crippen LogP contribution in [0.25, 0.3) is 0 Å². The van der Waals surface area contributed by atoms with Crippen molar-refractivity contribution in [3.05, 3.63) is 46.6 Å². The molecule has 0 fully saturated rings. The third-order valence-corrected chi connectivity index (χ3v) is 2.69. The lowest BCUT2D eigenvalue weighted by Crippen LogP contribution is -2.24. The van der Waals surface area contributed by atoms with Crippen molar-refractivity contribution in [2.24, 2.45) is 0 Å². The van der Waals surface area contributed by atoms with Gasteiger partial charge in [-0.1, -0.05) is 11.6 Å². The highest BCUT2D eigenvalue weighted by Crippen LogP contribution is 2.16. The Morgan fingerprint density at radius 1 is 1.32 bits per heavy atom. The molecule has 2 aromatic rings. The highest BCUT2D eigenvalue weighted by Gasteiger charge is 2.11. The van der Waals surface area contributed by atoms with Crippen molar-refractivity contribution in [3.63, 3.8) is 0 Å². The number of nitrogen functional groups attached to an aromatic ring is 1. The standard InChI is InChI=1S/C12H12ClN5O/c1-7-3-16-8(4-15-7)5-18-12(19)9-2-11(14)17-6-10(9)13/h2-4,6H,5H2,1H3,(H2,14,17)(H,18,19). The molecule has 2 aromatic heterocycles. The van der Waals surface area contributed by atoms with E-state index >= 15 is 0 Å². The Balaban J connectivity index is 2.05. The first-order valence-corrected chi connectivity index (χ1v) is 5.91. The summed E-state index contributed by atoms with van der Waals surface area (Å²) >= 11 is 5.89. The molecule has 2 rings (SSSR count). The summed E-state index contributed by atoms with van der Waals surface area (Å²) < 4.78 is 0. The molecule has 0 saturated carbocycles. The first kappa shape index (κ1) is 13.2. The van der Waals surface area contributed by atoms with Crippen LogP contribution in [0.2, 0.25) is 5.02 Å². The summed E-state index contributed by atoms with van der Waals surface area (Å²) in [5.41, 5.74) is 7.29. The number of hydrogen-bond donors (Lipinski definition) is 2. The van der Waals surface area contributed by atoms with Gasteiger partial charge in [-0.2, -0.15) is 0 Å². The van der Waals surface area contributed by atoms with Crippen LogP contribution < -0.4 is 11.1 Å². The van der Waals surface area contributed by atoms with Crippen molar-refractivity contribution in [1.82, 2.24) is 20.3 Å². The molecule has 7 heteroatoms. The van der Waals surface area contributed by atoms with Gasteiger partial charge in [-0.15, -0.1) is 0 Å². The molecular weight excluding hydrogens is 266 g/mol. The maximum Gasteiger partial charge on any atom is 0.253 e. The zero-order chi connectivity index (χ0) is 13.8. The molecule has 0 aliphatic carbocycles. The molecule has 6 nitrogen and oxygen atoms in total. The van der Waals surface area contributed by atoms with Crippen LogP contribution in [0.3, 0.4) is 0 Å². The molecule has 0 aliphatic heterocycles. The highest BCUT2D eigenvalue weighted by molar-refractivity contribution is 6.33. The third kappa shape index (κ3) is 3.38. The summed E-state index contributed by atoms with van der Waals surface area (Å²) in [6.45, 7) is 2.11. The summed E-state index contributed by atoms with van der Waals surface area (Å²) in [6.07, 6.45) is 4.59. The molecule has 0 bridgehead atoms. The van der Waals surface area contributed by atoms with Crippen molar-refractivity contribution in [2.45, 2.75) is 13.5 Å². The van der Waals surface area contributed by atoms with Crippen LogP contribution >= 0.6 is 11.6 Å². The van der Waals surface area contributed by atoms with Crippen molar-refractivity contribution < 1.29 is 4.79 Å². The first-order valence-electron chi connectivity index (χ1n) is 5.53. The number of halogens is 1. The fourth-order valence-electron chi connectivity index (χ4n) is 1.41. The molecule has 0 unspecified atom stereocenters. The van der Waals surface area contributed by atoms with Crippen LogP contribution in [0.1, 0.15) is 21.7 Å². The number of pyridine rings is 1. The van der Waals surface area contributed by atoms with E-state index in [0.717, 1.165) is 5.69 Å². The number of nitrogens with two attached hydrogens (primary N) is 1. The highest BCUT2D eigenvalue weighted by atomic mass is 35.5. The van der Waals surface area contributed by atoms with E-state index in [4.69, 9.17) is 17.3 Å². The second-order valence-corrected chi connectivity index (χ2v) is 4.33. The lowest BCUT2D eigenvalue weighted by molar-refractivity contribution is 0.0950. The SMILES string of the molecule is Cc1cnc(CNC(=O)c2cc(N)ncc2Cl)cn1.